The third kappa shape index (κ3) is 5.02. The van der Waals surface area contributed by atoms with Crippen LogP contribution in [0.4, 0.5) is 4.79 Å². The molecule has 0 heterocycles. The molecule has 0 rings (SSSR count). The summed E-state index contributed by atoms with van der Waals surface area (Å²) in [6, 6.07) is -1.77. The number of rotatable bonds is 4. The van der Waals surface area contributed by atoms with Crippen molar-refractivity contribution < 1.29 is 14.7 Å². The Balaban J connectivity index is 3.89. The van der Waals surface area contributed by atoms with E-state index in [-0.39, 0.29) is 18.6 Å². The highest BCUT2D eigenvalue weighted by molar-refractivity contribution is 5.86. The number of primary amides is 1. The second kappa shape index (κ2) is 5.36. The van der Waals surface area contributed by atoms with E-state index in [1.54, 1.807) is 6.92 Å². The fourth-order valence-corrected chi connectivity index (χ4v) is 0.692. The zero-order chi connectivity index (χ0) is 10.4. The summed E-state index contributed by atoms with van der Waals surface area (Å²) in [4.78, 5) is 21.5. The summed E-state index contributed by atoms with van der Waals surface area (Å²) in [5.74, 6) is -0.375. The molecule has 0 aliphatic rings. The van der Waals surface area contributed by atoms with Crippen LogP contribution in [-0.4, -0.2) is 35.7 Å². The van der Waals surface area contributed by atoms with Gasteiger partial charge in [0.05, 0.1) is 6.61 Å². The molecule has 5 N–H and O–H groups in total. The Morgan fingerprint density at radius 3 is 2.31 bits per heavy atom. The minimum absolute atomic E-state index is 0.144. The molecule has 13 heavy (non-hydrogen) atoms. The van der Waals surface area contributed by atoms with Gasteiger partial charge in [0.1, 0.15) is 6.04 Å². The second-order valence-electron chi connectivity index (χ2n) is 2.82. The van der Waals surface area contributed by atoms with Crippen LogP contribution in [0.5, 0.6) is 0 Å². The number of aliphatic hydroxyl groups is 1. The number of urea groups is 1. The summed E-state index contributed by atoms with van der Waals surface area (Å²) in [6.07, 6.45) is 0. The van der Waals surface area contributed by atoms with Crippen molar-refractivity contribution in [3.63, 3.8) is 0 Å². The monoisotopic (exact) mass is 189 g/mol. The van der Waals surface area contributed by atoms with E-state index in [0.29, 0.717) is 0 Å². The highest BCUT2D eigenvalue weighted by Crippen LogP contribution is 1.84. The van der Waals surface area contributed by atoms with Crippen molar-refractivity contribution in [2.24, 2.45) is 5.73 Å². The first-order valence-electron chi connectivity index (χ1n) is 3.94. The number of carbonyl (C=O) groups excluding carboxylic acids is 2. The first-order chi connectivity index (χ1) is 5.97. The molecule has 3 amide bonds. The van der Waals surface area contributed by atoms with E-state index in [2.05, 4.69) is 10.6 Å². The highest BCUT2D eigenvalue weighted by atomic mass is 16.3. The Morgan fingerprint density at radius 2 is 1.92 bits per heavy atom. The zero-order valence-electron chi connectivity index (χ0n) is 7.70. The van der Waals surface area contributed by atoms with Crippen LogP contribution in [0.2, 0.25) is 0 Å². The predicted octanol–water partition coefficient (Wildman–Crippen LogP) is -1.46. The Hall–Kier alpha value is -1.30. The van der Waals surface area contributed by atoms with Crippen LogP contribution < -0.4 is 16.4 Å². The molecule has 2 atom stereocenters. The van der Waals surface area contributed by atoms with E-state index in [4.69, 9.17) is 10.8 Å². The van der Waals surface area contributed by atoms with Crippen LogP contribution in [0.3, 0.4) is 0 Å². The van der Waals surface area contributed by atoms with Gasteiger partial charge >= 0.3 is 6.03 Å². The minimum atomic E-state index is -0.751. The van der Waals surface area contributed by atoms with Crippen LogP contribution >= 0.6 is 0 Å². The molecule has 0 aromatic rings. The van der Waals surface area contributed by atoms with Crippen molar-refractivity contribution in [2.45, 2.75) is 25.9 Å². The number of nitrogens with two attached hydrogens (primary N) is 1. The summed E-state index contributed by atoms with van der Waals surface area (Å²) in [5, 5.41) is 13.3. The van der Waals surface area contributed by atoms with Gasteiger partial charge in [0.25, 0.3) is 0 Å². The Kier molecular flexibility index (Phi) is 4.83. The molecular weight excluding hydrogens is 174 g/mol. The van der Waals surface area contributed by atoms with Gasteiger partial charge < -0.3 is 21.5 Å². The molecule has 6 nitrogen and oxygen atoms in total. The molecule has 0 aliphatic carbocycles. The van der Waals surface area contributed by atoms with E-state index in [1.807, 2.05) is 0 Å². The van der Waals surface area contributed by atoms with E-state index >= 15 is 0 Å². The first-order valence-corrected chi connectivity index (χ1v) is 3.94. The van der Waals surface area contributed by atoms with E-state index in [1.165, 1.54) is 6.92 Å². The van der Waals surface area contributed by atoms with Gasteiger partial charge in [0.2, 0.25) is 5.91 Å². The second-order valence-corrected chi connectivity index (χ2v) is 2.82. The topological polar surface area (TPSA) is 104 Å². The Labute approximate surface area is 76.5 Å². The molecule has 0 aliphatic heterocycles. The lowest BCUT2D eigenvalue weighted by Crippen LogP contribution is -2.49. The number of carbonyl (C=O) groups is 2. The smallest absolute Gasteiger partial charge is 0.312 e. The quantitative estimate of drug-likeness (QED) is 0.434. The van der Waals surface area contributed by atoms with Crippen LogP contribution in [0.1, 0.15) is 13.8 Å². The van der Waals surface area contributed by atoms with Crippen molar-refractivity contribution >= 4 is 11.9 Å². The molecule has 0 aromatic carbocycles. The van der Waals surface area contributed by atoms with Crippen molar-refractivity contribution in [3.05, 3.63) is 0 Å². The zero-order valence-corrected chi connectivity index (χ0v) is 7.70. The first kappa shape index (κ1) is 11.7. The predicted molar refractivity (Wildman–Crippen MR) is 46.9 cm³/mol. The van der Waals surface area contributed by atoms with Crippen molar-refractivity contribution in [1.29, 1.82) is 0 Å². The van der Waals surface area contributed by atoms with Gasteiger partial charge in [-0.3, -0.25) is 4.79 Å². The molecule has 0 radical (unpaired) electrons. The fraction of sp³-hybridized carbons (Fsp3) is 0.714. The number of hydrogen-bond acceptors (Lipinski definition) is 3. The van der Waals surface area contributed by atoms with Gasteiger partial charge in [0, 0.05) is 6.04 Å². The lowest BCUT2D eigenvalue weighted by atomic mass is 10.3. The summed E-state index contributed by atoms with van der Waals surface area (Å²) >= 11 is 0. The van der Waals surface area contributed by atoms with Gasteiger partial charge in [-0.15, -0.1) is 0 Å². The lowest BCUT2D eigenvalue weighted by molar-refractivity contribution is -0.123. The number of aliphatic hydroxyl groups excluding tert-OH is 1. The molecule has 76 valence electrons. The Bertz CT molecular complexity index is 195. The molecule has 6 heteroatoms. The molecule has 0 saturated carbocycles. The van der Waals surface area contributed by atoms with E-state index in [0.717, 1.165) is 0 Å². The number of amides is 3. The minimum Gasteiger partial charge on any atom is -0.394 e. The summed E-state index contributed by atoms with van der Waals surface area (Å²) in [6.45, 7) is 3.01. The third-order valence-electron chi connectivity index (χ3n) is 1.41. The lowest BCUT2D eigenvalue weighted by Gasteiger charge is -2.15. The molecule has 0 fully saturated rings. The molecule has 0 bridgehead atoms. The maximum Gasteiger partial charge on any atom is 0.312 e. The highest BCUT2D eigenvalue weighted by Gasteiger charge is 2.15. The maximum absolute atomic E-state index is 11.2. The standard InChI is InChI=1S/C7H15N3O3/c1-4(3-11)9-6(12)5(2)10-7(8)13/h4-5,11H,3H2,1-2H3,(H,9,12)(H3,8,10,13). The SMILES string of the molecule is CC(CO)NC(=O)C(C)NC(N)=O. The van der Waals surface area contributed by atoms with Crippen molar-refractivity contribution in [1.82, 2.24) is 10.6 Å². The van der Waals surface area contributed by atoms with Crippen LogP contribution in [0.25, 0.3) is 0 Å². The van der Waals surface area contributed by atoms with E-state index in [9.17, 15) is 9.59 Å². The van der Waals surface area contributed by atoms with Gasteiger partial charge in [0.15, 0.2) is 0 Å². The van der Waals surface area contributed by atoms with Gasteiger partial charge in [-0.25, -0.2) is 4.79 Å². The molecule has 0 spiro atoms. The van der Waals surface area contributed by atoms with Crippen molar-refractivity contribution in [3.8, 4) is 0 Å². The normalized spacial score (nSPS) is 14.4. The summed E-state index contributed by atoms with van der Waals surface area (Å²) in [5.41, 5.74) is 4.82. The van der Waals surface area contributed by atoms with Gasteiger partial charge in [-0.2, -0.15) is 0 Å². The fourth-order valence-electron chi connectivity index (χ4n) is 0.692. The number of hydrogen-bond donors (Lipinski definition) is 4. The molecule has 0 saturated heterocycles. The average molecular weight is 189 g/mol. The summed E-state index contributed by atoms with van der Waals surface area (Å²) < 4.78 is 0. The van der Waals surface area contributed by atoms with E-state index < -0.39 is 12.1 Å². The Morgan fingerprint density at radius 1 is 1.38 bits per heavy atom. The molecular formula is C7H15N3O3. The van der Waals surface area contributed by atoms with Crippen LogP contribution in [0.15, 0.2) is 0 Å². The largest absolute Gasteiger partial charge is 0.394 e. The summed E-state index contributed by atoms with van der Waals surface area (Å²) in [7, 11) is 0. The average Bonchev–Trinajstić information content (AvgIpc) is 2.02. The third-order valence-corrected chi connectivity index (χ3v) is 1.41. The van der Waals surface area contributed by atoms with Gasteiger partial charge in [-0.1, -0.05) is 0 Å². The number of nitrogens with one attached hydrogen (secondary N) is 2. The van der Waals surface area contributed by atoms with Crippen LogP contribution in [0, 0.1) is 0 Å². The maximum atomic E-state index is 11.2. The molecule has 0 aromatic heterocycles. The van der Waals surface area contributed by atoms with Gasteiger partial charge in [-0.05, 0) is 13.8 Å². The van der Waals surface area contributed by atoms with Crippen molar-refractivity contribution in [2.75, 3.05) is 6.61 Å². The van der Waals surface area contributed by atoms with Crippen LogP contribution in [-0.2, 0) is 4.79 Å². The molecule has 2 unspecified atom stereocenters.